The Kier molecular flexibility index (Phi) is 8.64. The van der Waals surface area contributed by atoms with E-state index in [0.717, 1.165) is 36.2 Å². The SMILES string of the molecule is CC[n+]1c(CNC(=O)c2nc(Cl)c(N)nc2N)n(C2CCN(C(C)=O)CC2)c2ccccc21.O=C[O-]. The van der Waals surface area contributed by atoms with E-state index in [1.165, 1.54) is 0 Å². The van der Waals surface area contributed by atoms with E-state index < -0.39 is 12.4 Å². The Morgan fingerprint density at radius 1 is 1.22 bits per heavy atom. The predicted octanol–water partition coefficient (Wildman–Crippen LogP) is 0.0360. The molecule has 36 heavy (non-hydrogen) atoms. The molecule has 2 amide bonds. The summed E-state index contributed by atoms with van der Waals surface area (Å²) in [6, 6.07) is 8.40. The molecule has 1 fully saturated rings. The highest BCUT2D eigenvalue weighted by atomic mass is 35.5. The normalized spacial score (nSPS) is 13.7. The van der Waals surface area contributed by atoms with Crippen molar-refractivity contribution < 1.29 is 24.1 Å². The third kappa shape index (κ3) is 5.48. The lowest BCUT2D eigenvalue weighted by molar-refractivity contribution is -0.676. The lowest BCUT2D eigenvalue weighted by atomic mass is 10.0. The van der Waals surface area contributed by atoms with Crippen LogP contribution in [0.4, 0.5) is 11.6 Å². The number of aromatic nitrogens is 4. The fraction of sp³-hybridized carbons (Fsp3) is 0.391. The molecule has 1 saturated heterocycles. The van der Waals surface area contributed by atoms with Crippen LogP contribution in [0.15, 0.2) is 24.3 Å². The Morgan fingerprint density at radius 3 is 2.47 bits per heavy atom. The molecular weight excluding hydrogens is 488 g/mol. The minimum Gasteiger partial charge on any atom is -0.554 e. The molecule has 0 aliphatic carbocycles. The van der Waals surface area contributed by atoms with Gasteiger partial charge in [-0.05, 0) is 19.1 Å². The van der Waals surface area contributed by atoms with Crippen LogP contribution in [-0.2, 0) is 22.7 Å². The molecule has 0 atom stereocenters. The van der Waals surface area contributed by atoms with E-state index in [1.54, 1.807) is 6.92 Å². The van der Waals surface area contributed by atoms with E-state index >= 15 is 0 Å². The molecule has 1 aromatic carbocycles. The number of carboxylic acid groups (broad SMARTS) is 1. The van der Waals surface area contributed by atoms with Crippen LogP contribution in [0.25, 0.3) is 11.0 Å². The molecular formula is C23H29ClN8O4. The average molecular weight is 517 g/mol. The molecule has 13 heteroatoms. The van der Waals surface area contributed by atoms with Crippen LogP contribution < -0.4 is 26.5 Å². The van der Waals surface area contributed by atoms with Crippen LogP contribution in [0.2, 0.25) is 5.15 Å². The van der Waals surface area contributed by atoms with Crippen molar-refractivity contribution in [2.45, 2.75) is 45.8 Å². The van der Waals surface area contributed by atoms with E-state index in [0.29, 0.717) is 13.1 Å². The molecule has 4 rings (SSSR count). The number of likely N-dealkylation sites (tertiary alicyclic amines) is 1. The molecule has 192 valence electrons. The van der Waals surface area contributed by atoms with Gasteiger partial charge in [0, 0.05) is 39.3 Å². The number of rotatable bonds is 5. The molecule has 3 aromatic rings. The number of hydrogen-bond acceptors (Lipinski definition) is 8. The number of halogens is 1. The van der Waals surface area contributed by atoms with Crippen molar-refractivity contribution in [3.8, 4) is 0 Å². The van der Waals surface area contributed by atoms with Crippen molar-refractivity contribution in [3.63, 3.8) is 0 Å². The highest BCUT2D eigenvalue weighted by Crippen LogP contribution is 2.28. The number of fused-ring (bicyclic) bond motifs is 1. The smallest absolute Gasteiger partial charge is 0.277 e. The number of aryl methyl sites for hydroxylation is 1. The monoisotopic (exact) mass is 516 g/mol. The predicted molar refractivity (Wildman–Crippen MR) is 131 cm³/mol. The number of nitrogens with two attached hydrogens (primary N) is 2. The second kappa shape index (κ2) is 11.7. The van der Waals surface area contributed by atoms with Crippen LogP contribution in [-0.4, -0.2) is 50.8 Å². The van der Waals surface area contributed by atoms with Gasteiger partial charge in [0.15, 0.2) is 33.5 Å². The molecule has 3 heterocycles. The van der Waals surface area contributed by atoms with E-state index in [9.17, 15) is 9.59 Å². The van der Waals surface area contributed by atoms with Crippen LogP contribution >= 0.6 is 11.6 Å². The van der Waals surface area contributed by atoms with Crippen molar-refractivity contribution in [3.05, 3.63) is 40.9 Å². The van der Waals surface area contributed by atoms with Gasteiger partial charge in [-0.3, -0.25) is 9.59 Å². The summed E-state index contributed by atoms with van der Waals surface area (Å²) in [4.78, 5) is 42.7. The number of anilines is 2. The van der Waals surface area contributed by atoms with Gasteiger partial charge in [0.05, 0.1) is 6.54 Å². The summed E-state index contributed by atoms with van der Waals surface area (Å²) in [5.74, 6) is 0.485. The first-order valence-corrected chi connectivity index (χ1v) is 11.8. The maximum Gasteiger partial charge on any atom is 0.277 e. The summed E-state index contributed by atoms with van der Waals surface area (Å²) >= 11 is 5.94. The van der Waals surface area contributed by atoms with E-state index in [2.05, 4.69) is 43.5 Å². The number of amides is 2. The number of nitrogen functional groups attached to an aromatic ring is 2. The van der Waals surface area contributed by atoms with Gasteiger partial charge in [0.2, 0.25) is 5.91 Å². The highest BCUT2D eigenvalue weighted by Gasteiger charge is 2.33. The van der Waals surface area contributed by atoms with Gasteiger partial charge in [0.1, 0.15) is 12.6 Å². The molecule has 0 radical (unpaired) electrons. The first kappa shape index (κ1) is 26.7. The van der Waals surface area contributed by atoms with Gasteiger partial charge in [-0.1, -0.05) is 23.7 Å². The highest BCUT2D eigenvalue weighted by molar-refractivity contribution is 6.31. The topological polar surface area (TPSA) is 176 Å². The Labute approximate surface area is 212 Å². The second-order valence-corrected chi connectivity index (χ2v) is 8.53. The van der Waals surface area contributed by atoms with Gasteiger partial charge in [0.25, 0.3) is 11.7 Å². The summed E-state index contributed by atoms with van der Waals surface area (Å²) < 4.78 is 4.49. The van der Waals surface area contributed by atoms with Crippen LogP contribution in [0, 0.1) is 0 Å². The molecule has 1 aliphatic heterocycles. The summed E-state index contributed by atoms with van der Waals surface area (Å²) in [5.41, 5.74) is 13.6. The zero-order chi connectivity index (χ0) is 26.4. The number of hydrogen-bond donors (Lipinski definition) is 3. The third-order valence-corrected chi connectivity index (χ3v) is 6.42. The number of nitrogens with one attached hydrogen (secondary N) is 1. The van der Waals surface area contributed by atoms with Gasteiger partial charge >= 0.3 is 0 Å². The van der Waals surface area contributed by atoms with Crippen molar-refractivity contribution >= 4 is 52.6 Å². The zero-order valence-corrected chi connectivity index (χ0v) is 20.9. The van der Waals surface area contributed by atoms with E-state index in [1.807, 2.05) is 17.0 Å². The van der Waals surface area contributed by atoms with Crippen LogP contribution in [0.1, 0.15) is 49.0 Å². The number of carbonyl (C=O) groups is 3. The zero-order valence-electron chi connectivity index (χ0n) is 20.1. The fourth-order valence-corrected chi connectivity index (χ4v) is 4.66. The van der Waals surface area contributed by atoms with E-state index in [4.69, 9.17) is 33.0 Å². The number of carbonyl (C=O) groups excluding carboxylic acids is 3. The summed E-state index contributed by atoms with van der Waals surface area (Å²) in [6.07, 6.45) is 1.68. The largest absolute Gasteiger partial charge is 0.554 e. The van der Waals surface area contributed by atoms with E-state index in [-0.39, 0.29) is 41.0 Å². The standard InChI is InChI=1S/C22H27ClN8O2.CH2O2/c1-3-30-15-6-4-5-7-16(15)31(14-8-10-29(11-9-14)13(2)32)17(30)12-26-22(33)18-20(24)28-21(25)19(23)27-18;2-1-3/h4-7,14H,3,8-12H2,1-2H3,(H4-,24,25,26,28,33);1H,(H,2,3). The molecule has 0 bridgehead atoms. The Morgan fingerprint density at radius 2 is 1.86 bits per heavy atom. The first-order valence-electron chi connectivity index (χ1n) is 11.4. The lowest BCUT2D eigenvalue weighted by Gasteiger charge is -2.30. The lowest BCUT2D eigenvalue weighted by Crippen LogP contribution is -2.42. The number of imidazole rings is 1. The number of para-hydroxylation sites is 2. The quantitative estimate of drug-likeness (QED) is 0.314. The Hall–Kier alpha value is -3.93. The molecule has 0 spiro atoms. The van der Waals surface area contributed by atoms with Gasteiger partial charge < -0.3 is 31.6 Å². The van der Waals surface area contributed by atoms with Gasteiger partial charge in [-0.2, -0.15) is 0 Å². The summed E-state index contributed by atoms with van der Waals surface area (Å²) in [7, 11) is 0. The maximum absolute atomic E-state index is 12.9. The molecule has 5 N–H and O–H groups in total. The number of benzene rings is 1. The molecule has 2 aromatic heterocycles. The van der Waals surface area contributed by atoms with Gasteiger partial charge in [-0.15, -0.1) is 0 Å². The number of piperidine rings is 1. The van der Waals surface area contributed by atoms with Crippen molar-refractivity contribution in [1.82, 2.24) is 24.8 Å². The average Bonchev–Trinajstić information content (AvgIpc) is 3.18. The minimum atomic E-state index is -0.500. The van der Waals surface area contributed by atoms with Crippen LogP contribution in [0.3, 0.4) is 0 Å². The van der Waals surface area contributed by atoms with Crippen molar-refractivity contribution in [2.24, 2.45) is 0 Å². The van der Waals surface area contributed by atoms with Crippen LogP contribution in [0.5, 0.6) is 0 Å². The minimum absolute atomic E-state index is 0.0217. The maximum atomic E-state index is 12.9. The molecule has 0 unspecified atom stereocenters. The van der Waals surface area contributed by atoms with Crippen molar-refractivity contribution in [1.29, 1.82) is 0 Å². The molecule has 0 saturated carbocycles. The third-order valence-electron chi connectivity index (χ3n) is 6.14. The van der Waals surface area contributed by atoms with Crippen molar-refractivity contribution in [2.75, 3.05) is 24.6 Å². The summed E-state index contributed by atoms with van der Waals surface area (Å²) in [6.45, 7) is 5.60. The molecule has 1 aliphatic rings. The van der Waals surface area contributed by atoms with Gasteiger partial charge in [-0.25, -0.2) is 19.1 Å². The fourth-order valence-electron chi connectivity index (χ4n) is 4.54. The Balaban J connectivity index is 0.00000115. The second-order valence-electron chi connectivity index (χ2n) is 8.17. The molecule has 12 nitrogen and oxygen atoms in total. The number of nitrogens with zero attached hydrogens (tertiary/aromatic N) is 5. The first-order chi connectivity index (χ1) is 17.2. The summed E-state index contributed by atoms with van der Waals surface area (Å²) in [5, 5.41) is 11.1. The Bertz CT molecular complexity index is 1270.